The van der Waals surface area contributed by atoms with E-state index < -0.39 is 4.92 Å². The molecule has 0 radical (unpaired) electrons. The van der Waals surface area contributed by atoms with Crippen LogP contribution in [0.25, 0.3) is 0 Å². The van der Waals surface area contributed by atoms with Gasteiger partial charge in [0, 0.05) is 12.1 Å². The van der Waals surface area contributed by atoms with Crippen molar-refractivity contribution in [1.82, 2.24) is 0 Å². The molecular formula is C9H9NO3. The average Bonchev–Trinajstić information content (AvgIpc) is 2.83. The Morgan fingerprint density at radius 2 is 1.92 bits per heavy atom. The summed E-state index contributed by atoms with van der Waals surface area (Å²) >= 11 is 0. The molecule has 2 rings (SSSR count). The van der Waals surface area contributed by atoms with Crippen LogP contribution in [0.15, 0.2) is 24.3 Å². The molecule has 0 unspecified atom stereocenters. The zero-order valence-corrected chi connectivity index (χ0v) is 7.14. The van der Waals surface area contributed by atoms with Crippen molar-refractivity contribution in [3.63, 3.8) is 0 Å². The average molecular weight is 179 g/mol. The normalized spacial score (nSPS) is 25.6. The minimum Gasteiger partial charge on any atom is -0.365 e. The van der Waals surface area contributed by atoms with Crippen molar-refractivity contribution in [2.45, 2.75) is 19.1 Å². The van der Waals surface area contributed by atoms with Gasteiger partial charge >= 0.3 is 0 Å². The van der Waals surface area contributed by atoms with Crippen LogP contribution in [-0.4, -0.2) is 11.0 Å². The number of epoxide rings is 1. The van der Waals surface area contributed by atoms with E-state index in [9.17, 15) is 10.1 Å². The molecule has 13 heavy (non-hydrogen) atoms. The van der Waals surface area contributed by atoms with Crippen molar-refractivity contribution >= 4 is 5.69 Å². The van der Waals surface area contributed by atoms with E-state index in [2.05, 4.69) is 0 Å². The molecular weight excluding hydrogens is 170 g/mol. The summed E-state index contributed by atoms with van der Waals surface area (Å²) < 4.78 is 5.23. The first-order valence-corrected chi connectivity index (χ1v) is 4.08. The Labute approximate surface area is 75.3 Å². The third-order valence-corrected chi connectivity index (χ3v) is 2.14. The van der Waals surface area contributed by atoms with Gasteiger partial charge in [-0.3, -0.25) is 10.1 Å². The molecule has 0 aliphatic carbocycles. The van der Waals surface area contributed by atoms with Gasteiger partial charge in [0.2, 0.25) is 0 Å². The summed E-state index contributed by atoms with van der Waals surface area (Å²) in [5, 5.41) is 10.3. The summed E-state index contributed by atoms with van der Waals surface area (Å²) in [6.07, 6.45) is 0.391. The maximum absolute atomic E-state index is 10.3. The van der Waals surface area contributed by atoms with Crippen molar-refractivity contribution in [2.75, 3.05) is 0 Å². The molecule has 1 aromatic carbocycles. The number of nitro benzene ring substituents is 1. The van der Waals surface area contributed by atoms with Crippen molar-refractivity contribution < 1.29 is 9.66 Å². The van der Waals surface area contributed by atoms with E-state index in [-0.39, 0.29) is 17.9 Å². The quantitative estimate of drug-likeness (QED) is 0.396. The van der Waals surface area contributed by atoms with Crippen LogP contribution in [0.2, 0.25) is 0 Å². The summed E-state index contributed by atoms with van der Waals surface area (Å²) in [6.45, 7) is 1.98. The third kappa shape index (κ3) is 1.53. The summed E-state index contributed by atoms with van der Waals surface area (Å²) in [4.78, 5) is 9.93. The van der Waals surface area contributed by atoms with Gasteiger partial charge in [0.1, 0.15) is 6.10 Å². The molecule has 0 spiro atoms. The first kappa shape index (κ1) is 8.19. The topological polar surface area (TPSA) is 55.7 Å². The molecule has 2 atom stereocenters. The molecule has 0 N–H and O–H groups in total. The maximum Gasteiger partial charge on any atom is 0.269 e. The molecule has 0 amide bonds. The molecule has 0 saturated carbocycles. The van der Waals surface area contributed by atoms with E-state index in [1.807, 2.05) is 6.92 Å². The number of nitro groups is 1. The standard InChI is InChI=1S/C9H9NO3/c1-6-9(13-6)7-2-4-8(5-3-7)10(11)12/h2-6,9H,1H3/t6-,9+/m0/s1. The van der Waals surface area contributed by atoms with Gasteiger partial charge in [-0.15, -0.1) is 0 Å². The highest BCUT2D eigenvalue weighted by atomic mass is 16.6. The van der Waals surface area contributed by atoms with Crippen molar-refractivity contribution in [3.8, 4) is 0 Å². The zero-order valence-electron chi connectivity index (χ0n) is 7.14. The van der Waals surface area contributed by atoms with Gasteiger partial charge in [0.25, 0.3) is 5.69 Å². The summed E-state index contributed by atoms with van der Waals surface area (Å²) in [5.41, 5.74) is 1.13. The number of hydrogen-bond donors (Lipinski definition) is 0. The second-order valence-electron chi connectivity index (χ2n) is 3.11. The van der Waals surface area contributed by atoms with Gasteiger partial charge < -0.3 is 4.74 Å². The number of hydrogen-bond acceptors (Lipinski definition) is 3. The number of rotatable bonds is 2. The smallest absolute Gasteiger partial charge is 0.269 e. The highest BCUT2D eigenvalue weighted by Crippen LogP contribution is 2.38. The fraction of sp³-hybridized carbons (Fsp3) is 0.333. The first-order chi connectivity index (χ1) is 6.18. The van der Waals surface area contributed by atoms with Gasteiger partial charge in [-0.2, -0.15) is 0 Å². The molecule has 4 nitrogen and oxygen atoms in total. The molecule has 68 valence electrons. The van der Waals surface area contributed by atoms with Gasteiger partial charge in [0.15, 0.2) is 0 Å². The van der Waals surface area contributed by atoms with E-state index in [4.69, 9.17) is 4.74 Å². The lowest BCUT2D eigenvalue weighted by molar-refractivity contribution is -0.384. The first-order valence-electron chi connectivity index (χ1n) is 4.08. The van der Waals surface area contributed by atoms with E-state index >= 15 is 0 Å². The van der Waals surface area contributed by atoms with E-state index in [1.54, 1.807) is 12.1 Å². The van der Waals surface area contributed by atoms with Crippen LogP contribution in [0.5, 0.6) is 0 Å². The lowest BCUT2D eigenvalue weighted by atomic mass is 10.1. The van der Waals surface area contributed by atoms with E-state index in [1.165, 1.54) is 12.1 Å². The molecule has 1 aliphatic heterocycles. The van der Waals surface area contributed by atoms with Crippen LogP contribution in [0.4, 0.5) is 5.69 Å². The molecule has 1 fully saturated rings. The highest BCUT2D eigenvalue weighted by Gasteiger charge is 2.35. The molecule has 4 heteroatoms. The number of benzene rings is 1. The molecule has 1 saturated heterocycles. The van der Waals surface area contributed by atoms with Gasteiger partial charge in [0.05, 0.1) is 11.0 Å². The Hall–Kier alpha value is -1.42. The fourth-order valence-electron chi connectivity index (χ4n) is 1.32. The Bertz CT molecular complexity index is 333. The zero-order chi connectivity index (χ0) is 9.42. The van der Waals surface area contributed by atoms with Crippen LogP contribution in [0.3, 0.4) is 0 Å². The predicted octanol–water partition coefficient (Wildman–Crippen LogP) is 2.05. The SMILES string of the molecule is C[C@@H]1O[C@H]1c1ccc([N+](=O)[O-])cc1. The Morgan fingerprint density at radius 3 is 2.31 bits per heavy atom. The summed E-state index contributed by atoms with van der Waals surface area (Å²) in [6, 6.07) is 6.49. The molecule has 1 aliphatic rings. The van der Waals surface area contributed by atoms with Crippen LogP contribution in [0.1, 0.15) is 18.6 Å². The molecule has 1 heterocycles. The molecule has 0 aromatic heterocycles. The number of ether oxygens (including phenoxy) is 1. The van der Waals surface area contributed by atoms with Crippen molar-refractivity contribution in [2.24, 2.45) is 0 Å². The Morgan fingerprint density at radius 1 is 1.38 bits per heavy atom. The minimum absolute atomic E-state index is 0.122. The van der Waals surface area contributed by atoms with Crippen LogP contribution in [0, 0.1) is 10.1 Å². The predicted molar refractivity (Wildman–Crippen MR) is 46.4 cm³/mol. The third-order valence-electron chi connectivity index (χ3n) is 2.14. The molecule has 1 aromatic rings. The van der Waals surface area contributed by atoms with Crippen molar-refractivity contribution in [1.29, 1.82) is 0 Å². The number of nitrogens with zero attached hydrogens (tertiary/aromatic N) is 1. The lowest BCUT2D eigenvalue weighted by Gasteiger charge is -1.94. The van der Waals surface area contributed by atoms with Gasteiger partial charge in [-0.05, 0) is 24.6 Å². The van der Waals surface area contributed by atoms with Crippen molar-refractivity contribution in [3.05, 3.63) is 39.9 Å². The second kappa shape index (κ2) is 2.81. The van der Waals surface area contributed by atoms with Gasteiger partial charge in [-0.1, -0.05) is 0 Å². The summed E-state index contributed by atoms with van der Waals surface area (Å²) in [7, 11) is 0. The van der Waals surface area contributed by atoms with Gasteiger partial charge in [-0.25, -0.2) is 0 Å². The Kier molecular flexibility index (Phi) is 1.77. The second-order valence-corrected chi connectivity index (χ2v) is 3.11. The van der Waals surface area contributed by atoms with Crippen LogP contribution < -0.4 is 0 Å². The lowest BCUT2D eigenvalue weighted by Crippen LogP contribution is -1.88. The molecule has 0 bridgehead atoms. The summed E-state index contributed by atoms with van der Waals surface area (Å²) in [5.74, 6) is 0. The Balaban J connectivity index is 2.19. The highest BCUT2D eigenvalue weighted by molar-refractivity contribution is 5.35. The monoisotopic (exact) mass is 179 g/mol. The minimum atomic E-state index is -0.402. The number of non-ortho nitro benzene ring substituents is 1. The maximum atomic E-state index is 10.3. The van der Waals surface area contributed by atoms with Crippen LogP contribution >= 0.6 is 0 Å². The fourth-order valence-corrected chi connectivity index (χ4v) is 1.32. The van der Waals surface area contributed by atoms with E-state index in [0.717, 1.165) is 5.56 Å². The van der Waals surface area contributed by atoms with E-state index in [0.29, 0.717) is 0 Å². The largest absolute Gasteiger partial charge is 0.365 e. The van der Waals surface area contributed by atoms with Crippen LogP contribution in [-0.2, 0) is 4.74 Å².